The molecule has 1 N–H and O–H groups in total. The third kappa shape index (κ3) is 5.99. The van der Waals surface area contributed by atoms with Gasteiger partial charge < -0.3 is 10.1 Å². The van der Waals surface area contributed by atoms with Crippen molar-refractivity contribution in [2.75, 3.05) is 17.7 Å². The number of para-hydroxylation sites is 1. The molecule has 0 unspecified atom stereocenters. The molecule has 0 heterocycles. The van der Waals surface area contributed by atoms with E-state index in [2.05, 4.69) is 5.32 Å². The number of benzene rings is 3. The van der Waals surface area contributed by atoms with Crippen LogP contribution in [0, 0.1) is 0 Å². The minimum absolute atomic E-state index is 0.0401. The van der Waals surface area contributed by atoms with Crippen LogP contribution in [0.4, 0.5) is 5.69 Å². The molecule has 3 aromatic carbocycles. The number of carbonyl (C=O) groups excluding carboxylic acids is 1. The Morgan fingerprint density at radius 2 is 1.70 bits per heavy atom. The zero-order chi connectivity index (χ0) is 24.2. The maximum atomic E-state index is 12.7. The van der Waals surface area contributed by atoms with Gasteiger partial charge in [0.25, 0.3) is 5.91 Å². The van der Waals surface area contributed by atoms with E-state index in [1.807, 2.05) is 31.2 Å². The van der Waals surface area contributed by atoms with Crippen LogP contribution in [-0.2, 0) is 16.6 Å². The van der Waals surface area contributed by atoms with E-state index in [4.69, 9.17) is 27.9 Å². The van der Waals surface area contributed by atoms with Crippen LogP contribution < -0.4 is 14.4 Å². The molecule has 0 aliphatic rings. The van der Waals surface area contributed by atoms with Gasteiger partial charge in [0.2, 0.25) is 10.0 Å². The molecule has 0 bridgehead atoms. The van der Waals surface area contributed by atoms with E-state index in [1.54, 1.807) is 49.6 Å². The van der Waals surface area contributed by atoms with Crippen LogP contribution in [0.2, 0.25) is 10.0 Å². The quantitative estimate of drug-likeness (QED) is 0.440. The van der Waals surface area contributed by atoms with Gasteiger partial charge in [0, 0.05) is 11.1 Å². The van der Waals surface area contributed by atoms with Gasteiger partial charge in [0.15, 0.2) is 0 Å². The molecule has 0 saturated heterocycles. The summed E-state index contributed by atoms with van der Waals surface area (Å²) in [5, 5.41) is 3.38. The minimum atomic E-state index is -3.64. The van der Waals surface area contributed by atoms with Crippen LogP contribution >= 0.6 is 23.2 Å². The largest absolute Gasteiger partial charge is 0.496 e. The Hall–Kier alpha value is -2.74. The van der Waals surface area contributed by atoms with Crippen molar-refractivity contribution in [2.24, 2.45) is 0 Å². The van der Waals surface area contributed by atoms with Gasteiger partial charge in [-0.1, -0.05) is 59.6 Å². The first kappa shape index (κ1) is 24.9. The molecule has 3 rings (SSSR count). The first-order valence-corrected chi connectivity index (χ1v) is 12.7. The van der Waals surface area contributed by atoms with Crippen molar-refractivity contribution >= 4 is 44.8 Å². The molecule has 1 atom stereocenters. The van der Waals surface area contributed by atoms with Crippen LogP contribution in [0.15, 0.2) is 66.7 Å². The molecule has 0 aliphatic heterocycles. The van der Waals surface area contributed by atoms with Crippen LogP contribution in [0.1, 0.15) is 34.5 Å². The lowest BCUT2D eigenvalue weighted by Crippen LogP contribution is -2.30. The van der Waals surface area contributed by atoms with Crippen LogP contribution in [0.5, 0.6) is 5.75 Å². The fourth-order valence-electron chi connectivity index (χ4n) is 3.38. The predicted molar refractivity (Wildman–Crippen MR) is 133 cm³/mol. The number of methoxy groups -OCH3 is 1. The van der Waals surface area contributed by atoms with Crippen molar-refractivity contribution in [3.63, 3.8) is 0 Å². The number of amides is 1. The topological polar surface area (TPSA) is 75.7 Å². The predicted octanol–water partition coefficient (Wildman–Crippen LogP) is 5.46. The zero-order valence-electron chi connectivity index (χ0n) is 18.4. The number of anilines is 1. The van der Waals surface area contributed by atoms with E-state index in [-0.39, 0.29) is 28.5 Å². The van der Waals surface area contributed by atoms with Gasteiger partial charge in [0.1, 0.15) is 5.75 Å². The third-order valence-corrected chi connectivity index (χ3v) is 7.03. The minimum Gasteiger partial charge on any atom is -0.496 e. The van der Waals surface area contributed by atoms with Crippen molar-refractivity contribution in [1.82, 2.24) is 5.32 Å². The van der Waals surface area contributed by atoms with Crippen molar-refractivity contribution < 1.29 is 17.9 Å². The molecule has 9 heteroatoms. The number of carbonyl (C=O) groups is 1. The highest BCUT2D eigenvalue weighted by Gasteiger charge is 2.22. The molecule has 0 saturated carbocycles. The summed E-state index contributed by atoms with van der Waals surface area (Å²) in [5.41, 5.74) is 2.30. The second kappa shape index (κ2) is 10.5. The number of sulfonamides is 1. The summed E-state index contributed by atoms with van der Waals surface area (Å²) in [5.74, 6) is 0.444. The molecule has 0 spiro atoms. The first-order chi connectivity index (χ1) is 15.6. The molecule has 3 aromatic rings. The molecule has 6 nitrogen and oxygen atoms in total. The lowest BCUT2D eigenvalue weighted by Gasteiger charge is -2.24. The lowest BCUT2D eigenvalue weighted by molar-refractivity contribution is 0.0939. The highest BCUT2D eigenvalue weighted by atomic mass is 35.5. The summed E-state index contributed by atoms with van der Waals surface area (Å²) >= 11 is 12.3. The normalized spacial score (nSPS) is 12.2. The Morgan fingerprint density at radius 1 is 1.03 bits per heavy atom. The molecule has 0 fully saturated rings. The number of halogens is 2. The second-order valence-corrected chi connectivity index (χ2v) is 10.2. The summed E-state index contributed by atoms with van der Waals surface area (Å²) < 4.78 is 31.4. The number of nitrogens with one attached hydrogen (secondary N) is 1. The zero-order valence-corrected chi connectivity index (χ0v) is 20.7. The van der Waals surface area contributed by atoms with E-state index in [0.717, 1.165) is 11.8 Å². The van der Waals surface area contributed by atoms with E-state index >= 15 is 0 Å². The summed E-state index contributed by atoms with van der Waals surface area (Å²) in [6.07, 6.45) is 1.10. The van der Waals surface area contributed by atoms with E-state index in [9.17, 15) is 13.2 Å². The average Bonchev–Trinajstić information content (AvgIpc) is 2.79. The highest BCUT2D eigenvalue weighted by Crippen LogP contribution is 2.34. The average molecular weight is 507 g/mol. The summed E-state index contributed by atoms with van der Waals surface area (Å²) in [4.78, 5) is 12.7. The molecule has 0 radical (unpaired) electrons. The van der Waals surface area contributed by atoms with Gasteiger partial charge in [0.05, 0.1) is 41.7 Å². The Balaban J connectivity index is 1.77. The SMILES string of the molecule is COc1ccccc1[C@H](C)NC(=O)c1ccc(CN(c2cccc(Cl)c2Cl)S(C)(=O)=O)cc1. The van der Waals surface area contributed by atoms with Gasteiger partial charge in [-0.05, 0) is 42.8 Å². The van der Waals surface area contributed by atoms with Crippen molar-refractivity contribution in [2.45, 2.75) is 19.5 Å². The molecule has 1 amide bonds. The van der Waals surface area contributed by atoms with Crippen molar-refractivity contribution in [3.05, 3.63) is 93.5 Å². The molecule has 0 aliphatic carbocycles. The molecular weight excluding hydrogens is 483 g/mol. The number of ether oxygens (including phenoxy) is 1. The highest BCUT2D eigenvalue weighted by molar-refractivity contribution is 7.92. The van der Waals surface area contributed by atoms with E-state index in [1.165, 1.54) is 4.31 Å². The van der Waals surface area contributed by atoms with Crippen LogP contribution in [0.25, 0.3) is 0 Å². The second-order valence-electron chi connectivity index (χ2n) is 7.48. The Bertz CT molecular complexity index is 1250. The maximum absolute atomic E-state index is 12.7. The fourth-order valence-corrected chi connectivity index (χ4v) is 4.72. The van der Waals surface area contributed by atoms with Crippen molar-refractivity contribution in [3.8, 4) is 5.75 Å². The van der Waals surface area contributed by atoms with Gasteiger partial charge >= 0.3 is 0 Å². The number of hydrogen-bond acceptors (Lipinski definition) is 4. The Morgan fingerprint density at radius 3 is 2.33 bits per heavy atom. The van der Waals surface area contributed by atoms with Gasteiger partial charge in [-0.2, -0.15) is 0 Å². The number of hydrogen-bond donors (Lipinski definition) is 1. The van der Waals surface area contributed by atoms with Gasteiger partial charge in [-0.25, -0.2) is 8.42 Å². The third-order valence-electron chi connectivity index (χ3n) is 5.10. The van der Waals surface area contributed by atoms with E-state index < -0.39 is 10.0 Å². The van der Waals surface area contributed by atoms with E-state index in [0.29, 0.717) is 22.6 Å². The number of nitrogens with zero attached hydrogens (tertiary/aromatic N) is 1. The van der Waals surface area contributed by atoms with Crippen LogP contribution in [-0.4, -0.2) is 27.7 Å². The van der Waals surface area contributed by atoms with Gasteiger partial charge in [-0.3, -0.25) is 9.10 Å². The lowest BCUT2D eigenvalue weighted by atomic mass is 10.1. The number of rotatable bonds is 8. The summed E-state index contributed by atoms with van der Waals surface area (Å²) in [6.45, 7) is 1.92. The molecule has 33 heavy (non-hydrogen) atoms. The first-order valence-electron chi connectivity index (χ1n) is 10.1. The molecular formula is C24H24Cl2N2O4S. The van der Waals surface area contributed by atoms with Crippen molar-refractivity contribution in [1.29, 1.82) is 0 Å². The monoisotopic (exact) mass is 506 g/mol. The standard InChI is InChI=1S/C24H24Cl2N2O4S/c1-16(19-7-4-5-10-22(19)32-2)27-24(29)18-13-11-17(12-14-18)15-28(33(3,30)31)21-9-6-8-20(25)23(21)26/h4-14,16H,15H2,1-3H3,(H,27,29)/t16-/m0/s1. The summed E-state index contributed by atoms with van der Waals surface area (Å²) in [6, 6.07) is 18.8. The fraction of sp³-hybridized carbons (Fsp3) is 0.208. The smallest absolute Gasteiger partial charge is 0.251 e. The maximum Gasteiger partial charge on any atom is 0.251 e. The Labute approximate surface area is 204 Å². The Kier molecular flexibility index (Phi) is 7.89. The summed E-state index contributed by atoms with van der Waals surface area (Å²) in [7, 11) is -2.05. The van der Waals surface area contributed by atoms with Crippen LogP contribution in [0.3, 0.4) is 0 Å². The molecule has 0 aromatic heterocycles. The molecule has 174 valence electrons. The van der Waals surface area contributed by atoms with Gasteiger partial charge in [-0.15, -0.1) is 0 Å².